The number of sulfonamides is 1. The molecule has 1 aromatic carbocycles. The summed E-state index contributed by atoms with van der Waals surface area (Å²) in [5.41, 5.74) is 6.45. The fourth-order valence-corrected chi connectivity index (χ4v) is 7.28. The lowest BCUT2D eigenvalue weighted by atomic mass is 10.0. The van der Waals surface area contributed by atoms with E-state index in [2.05, 4.69) is 5.32 Å². The number of amides is 3. The number of anilines is 1. The Kier molecular flexibility index (Phi) is 7.10. The van der Waals surface area contributed by atoms with Gasteiger partial charge in [-0.3, -0.25) is 9.59 Å². The lowest BCUT2D eigenvalue weighted by Crippen LogP contribution is -2.43. The van der Waals surface area contributed by atoms with Crippen LogP contribution in [0.25, 0.3) is 0 Å². The molecule has 2 aliphatic heterocycles. The molecule has 35 heavy (non-hydrogen) atoms. The van der Waals surface area contributed by atoms with Gasteiger partial charge in [-0.1, -0.05) is 0 Å². The monoisotopic (exact) mass is 524 g/mol. The SMILES string of the molecule is CCOC(=O)N1CCc2c(sc(NC(=O)C3CCCN3S(=O)(=O)c3ccc(F)cc3)c2C(N)=O)C1. The molecule has 0 spiro atoms. The number of hydrogen-bond donors (Lipinski definition) is 2. The first-order chi connectivity index (χ1) is 16.6. The van der Waals surface area contributed by atoms with Crippen molar-refractivity contribution in [1.82, 2.24) is 9.21 Å². The van der Waals surface area contributed by atoms with Crippen molar-refractivity contribution in [3.8, 4) is 0 Å². The molecule has 13 heteroatoms. The molecular formula is C22H25FN4O6S2. The average Bonchev–Trinajstić information content (AvgIpc) is 3.44. The number of rotatable bonds is 6. The lowest BCUT2D eigenvalue weighted by molar-refractivity contribution is -0.119. The van der Waals surface area contributed by atoms with Gasteiger partial charge in [0.25, 0.3) is 5.91 Å². The molecule has 0 saturated carbocycles. The molecule has 1 aromatic heterocycles. The number of hydrogen-bond acceptors (Lipinski definition) is 7. The van der Waals surface area contributed by atoms with Crippen molar-refractivity contribution < 1.29 is 31.9 Å². The van der Waals surface area contributed by atoms with E-state index in [1.807, 2.05) is 0 Å². The molecule has 0 bridgehead atoms. The van der Waals surface area contributed by atoms with Crippen molar-refractivity contribution in [3.05, 3.63) is 46.1 Å². The third-order valence-corrected chi connectivity index (χ3v) is 9.05. The largest absolute Gasteiger partial charge is 0.450 e. The van der Waals surface area contributed by atoms with Crippen LogP contribution in [-0.4, -0.2) is 61.3 Å². The Bertz CT molecular complexity index is 1260. The van der Waals surface area contributed by atoms with Gasteiger partial charge in [0.1, 0.15) is 16.9 Å². The highest BCUT2D eigenvalue weighted by Gasteiger charge is 2.40. The zero-order valence-corrected chi connectivity index (χ0v) is 20.6. The first kappa shape index (κ1) is 25.1. The number of nitrogens with one attached hydrogen (secondary N) is 1. The lowest BCUT2D eigenvalue weighted by Gasteiger charge is -2.26. The van der Waals surface area contributed by atoms with Gasteiger partial charge in [0.15, 0.2) is 0 Å². The highest BCUT2D eigenvalue weighted by molar-refractivity contribution is 7.89. The molecule has 1 unspecified atom stereocenters. The molecule has 3 heterocycles. The highest BCUT2D eigenvalue weighted by Crippen LogP contribution is 2.38. The zero-order valence-electron chi connectivity index (χ0n) is 19.0. The Balaban J connectivity index is 1.57. The molecule has 0 radical (unpaired) electrons. The molecule has 3 amide bonds. The maximum Gasteiger partial charge on any atom is 0.410 e. The van der Waals surface area contributed by atoms with E-state index in [0.29, 0.717) is 36.2 Å². The second kappa shape index (κ2) is 9.91. The zero-order chi connectivity index (χ0) is 25.3. The van der Waals surface area contributed by atoms with Crippen molar-refractivity contribution in [2.45, 2.75) is 43.7 Å². The number of nitrogens with zero attached hydrogens (tertiary/aromatic N) is 2. The van der Waals surface area contributed by atoms with Crippen LogP contribution in [0.2, 0.25) is 0 Å². The topological polar surface area (TPSA) is 139 Å². The van der Waals surface area contributed by atoms with E-state index in [4.69, 9.17) is 10.5 Å². The molecule has 188 valence electrons. The maximum absolute atomic E-state index is 13.3. The quantitative estimate of drug-likeness (QED) is 0.595. The Labute approximate surface area is 205 Å². The molecule has 1 fully saturated rings. The van der Waals surface area contributed by atoms with Crippen molar-refractivity contribution in [2.75, 3.05) is 25.0 Å². The maximum atomic E-state index is 13.3. The van der Waals surface area contributed by atoms with Gasteiger partial charge in [-0.05, 0) is 56.0 Å². The van der Waals surface area contributed by atoms with Gasteiger partial charge in [-0.25, -0.2) is 17.6 Å². The van der Waals surface area contributed by atoms with Crippen molar-refractivity contribution in [1.29, 1.82) is 0 Å². The van der Waals surface area contributed by atoms with Gasteiger partial charge in [-0.15, -0.1) is 11.3 Å². The minimum Gasteiger partial charge on any atom is -0.450 e. The van der Waals surface area contributed by atoms with E-state index < -0.39 is 39.8 Å². The van der Waals surface area contributed by atoms with Crippen LogP contribution in [0.5, 0.6) is 0 Å². The van der Waals surface area contributed by atoms with E-state index in [1.54, 1.807) is 6.92 Å². The number of primary amides is 1. The molecule has 3 N–H and O–H groups in total. The van der Waals surface area contributed by atoms with Crippen molar-refractivity contribution in [2.24, 2.45) is 5.73 Å². The third kappa shape index (κ3) is 4.88. The van der Waals surface area contributed by atoms with E-state index in [9.17, 15) is 27.2 Å². The summed E-state index contributed by atoms with van der Waals surface area (Å²) in [6, 6.07) is 3.41. The standard InChI is InChI=1S/C22H25FN4O6S2/c1-2-33-22(30)26-11-9-15-17(12-26)34-21(18(15)19(24)28)25-20(29)16-4-3-10-27(16)35(31,32)14-7-5-13(23)6-8-14/h5-8,16H,2-4,9-12H2,1H3,(H2,24,28)(H,25,29). The summed E-state index contributed by atoms with van der Waals surface area (Å²) in [5.74, 6) is -1.87. The van der Waals surface area contributed by atoms with Crippen LogP contribution < -0.4 is 11.1 Å². The number of ether oxygens (including phenoxy) is 1. The number of benzene rings is 1. The van der Waals surface area contributed by atoms with Gasteiger partial charge in [0, 0.05) is 18.0 Å². The van der Waals surface area contributed by atoms with Crippen LogP contribution in [0.1, 0.15) is 40.6 Å². The minimum atomic E-state index is -4.03. The summed E-state index contributed by atoms with van der Waals surface area (Å²) in [7, 11) is -4.03. The Morgan fingerprint density at radius 1 is 1.23 bits per heavy atom. The Hall–Kier alpha value is -3.03. The average molecular weight is 525 g/mol. The number of carbonyl (C=O) groups excluding carboxylic acids is 3. The van der Waals surface area contributed by atoms with E-state index in [-0.39, 0.29) is 35.2 Å². The van der Waals surface area contributed by atoms with Crippen LogP contribution in [0, 0.1) is 5.82 Å². The van der Waals surface area contributed by atoms with E-state index in [0.717, 1.165) is 39.9 Å². The Morgan fingerprint density at radius 3 is 2.60 bits per heavy atom. The third-order valence-electron chi connectivity index (χ3n) is 5.99. The van der Waals surface area contributed by atoms with Crippen LogP contribution in [0.15, 0.2) is 29.2 Å². The summed E-state index contributed by atoms with van der Waals surface area (Å²) in [4.78, 5) is 39.7. The van der Waals surface area contributed by atoms with Crippen molar-refractivity contribution in [3.63, 3.8) is 0 Å². The first-order valence-electron chi connectivity index (χ1n) is 11.1. The summed E-state index contributed by atoms with van der Waals surface area (Å²) in [5, 5.41) is 2.93. The van der Waals surface area contributed by atoms with Crippen LogP contribution in [0.3, 0.4) is 0 Å². The summed E-state index contributed by atoms with van der Waals surface area (Å²) < 4.78 is 45.6. The number of nitrogens with two attached hydrogens (primary N) is 1. The molecule has 2 aromatic rings. The van der Waals surface area contributed by atoms with Gasteiger partial charge in [0.2, 0.25) is 15.9 Å². The number of carbonyl (C=O) groups is 3. The van der Waals surface area contributed by atoms with Crippen LogP contribution in [0.4, 0.5) is 14.2 Å². The predicted molar refractivity (Wildman–Crippen MR) is 126 cm³/mol. The van der Waals surface area contributed by atoms with Gasteiger partial charge < -0.3 is 20.7 Å². The number of thiophene rings is 1. The molecule has 1 atom stereocenters. The molecule has 1 saturated heterocycles. The van der Waals surface area contributed by atoms with Crippen LogP contribution in [-0.2, 0) is 32.5 Å². The van der Waals surface area contributed by atoms with E-state index in [1.165, 1.54) is 4.90 Å². The molecule has 10 nitrogen and oxygen atoms in total. The fourth-order valence-electron chi connectivity index (χ4n) is 4.35. The van der Waals surface area contributed by atoms with Gasteiger partial charge in [0.05, 0.1) is 23.6 Å². The Morgan fingerprint density at radius 2 is 1.94 bits per heavy atom. The predicted octanol–water partition coefficient (Wildman–Crippen LogP) is 2.29. The molecule has 0 aliphatic carbocycles. The first-order valence-corrected chi connectivity index (χ1v) is 13.3. The van der Waals surface area contributed by atoms with Gasteiger partial charge in [-0.2, -0.15) is 4.31 Å². The van der Waals surface area contributed by atoms with E-state index >= 15 is 0 Å². The number of halogens is 1. The second-order valence-electron chi connectivity index (χ2n) is 8.16. The summed E-state index contributed by atoms with van der Waals surface area (Å²) in [6.45, 7) is 2.63. The van der Waals surface area contributed by atoms with Crippen LogP contribution >= 0.6 is 11.3 Å². The summed E-state index contributed by atoms with van der Waals surface area (Å²) >= 11 is 1.13. The van der Waals surface area contributed by atoms with Crippen molar-refractivity contribution >= 4 is 44.3 Å². The smallest absolute Gasteiger partial charge is 0.410 e. The molecular weight excluding hydrogens is 499 g/mol. The fraction of sp³-hybridized carbons (Fsp3) is 0.409. The molecule has 4 rings (SSSR count). The normalized spacial score (nSPS) is 18.2. The minimum absolute atomic E-state index is 0.109. The second-order valence-corrected chi connectivity index (χ2v) is 11.2. The number of fused-ring (bicyclic) bond motifs is 1. The summed E-state index contributed by atoms with van der Waals surface area (Å²) in [6.07, 6.45) is 0.662. The van der Waals surface area contributed by atoms with Gasteiger partial charge >= 0.3 is 6.09 Å². The molecule has 2 aliphatic rings. The highest BCUT2D eigenvalue weighted by atomic mass is 32.2.